The third-order valence-corrected chi connectivity index (χ3v) is 4.61. The van der Waals surface area contributed by atoms with Gasteiger partial charge in [0, 0.05) is 19.1 Å². The smallest absolute Gasteiger partial charge is 0.263 e. The zero-order valence-electron chi connectivity index (χ0n) is 9.86. The summed E-state index contributed by atoms with van der Waals surface area (Å²) >= 11 is 7.18. The lowest BCUT2D eigenvalue weighted by molar-refractivity contribution is 0.0695. The lowest BCUT2D eigenvalue weighted by Gasteiger charge is -2.33. The van der Waals surface area contributed by atoms with Crippen LogP contribution in [0, 0.1) is 0 Å². The van der Waals surface area contributed by atoms with Crippen molar-refractivity contribution in [2.45, 2.75) is 37.8 Å². The minimum absolute atomic E-state index is 0.0716. The SMILES string of the molecule is CN(C(=O)c1ccc(Cl)s1)C1CCC(N)CC1. The third kappa shape index (κ3) is 3.00. The maximum absolute atomic E-state index is 12.2. The van der Waals surface area contributed by atoms with Gasteiger partial charge in [-0.15, -0.1) is 11.3 Å². The van der Waals surface area contributed by atoms with Gasteiger partial charge in [0.25, 0.3) is 5.91 Å². The molecule has 2 rings (SSSR count). The summed E-state index contributed by atoms with van der Waals surface area (Å²) in [5, 5.41) is 0. The molecule has 17 heavy (non-hydrogen) atoms. The highest BCUT2D eigenvalue weighted by Gasteiger charge is 2.26. The lowest BCUT2D eigenvalue weighted by Crippen LogP contribution is -2.41. The Labute approximate surface area is 111 Å². The first-order valence-electron chi connectivity index (χ1n) is 5.86. The van der Waals surface area contributed by atoms with Crippen molar-refractivity contribution in [1.29, 1.82) is 0 Å². The average Bonchev–Trinajstić information content (AvgIpc) is 2.75. The number of nitrogens with two attached hydrogens (primary N) is 1. The van der Waals surface area contributed by atoms with Crippen molar-refractivity contribution < 1.29 is 4.79 Å². The zero-order chi connectivity index (χ0) is 12.4. The van der Waals surface area contributed by atoms with E-state index in [-0.39, 0.29) is 5.91 Å². The molecule has 0 aromatic carbocycles. The second-order valence-electron chi connectivity index (χ2n) is 4.59. The number of carbonyl (C=O) groups is 1. The number of carbonyl (C=O) groups excluding carboxylic acids is 1. The summed E-state index contributed by atoms with van der Waals surface area (Å²) in [7, 11) is 1.87. The number of halogens is 1. The zero-order valence-corrected chi connectivity index (χ0v) is 11.4. The van der Waals surface area contributed by atoms with E-state index in [1.54, 1.807) is 12.1 Å². The summed E-state index contributed by atoms with van der Waals surface area (Å²) in [6.07, 6.45) is 4.02. The minimum atomic E-state index is 0.0716. The van der Waals surface area contributed by atoms with Crippen LogP contribution in [0.4, 0.5) is 0 Å². The van der Waals surface area contributed by atoms with Crippen LogP contribution < -0.4 is 5.73 Å². The molecule has 1 aromatic heterocycles. The largest absolute Gasteiger partial charge is 0.338 e. The molecule has 2 N–H and O–H groups in total. The van der Waals surface area contributed by atoms with Crippen LogP contribution in [0.25, 0.3) is 0 Å². The molecular weight excluding hydrogens is 256 g/mol. The molecule has 1 aliphatic carbocycles. The van der Waals surface area contributed by atoms with Crippen molar-refractivity contribution in [1.82, 2.24) is 4.90 Å². The second-order valence-corrected chi connectivity index (χ2v) is 6.30. The van der Waals surface area contributed by atoms with Gasteiger partial charge in [0.05, 0.1) is 9.21 Å². The van der Waals surface area contributed by atoms with Gasteiger partial charge in [-0.1, -0.05) is 11.6 Å². The fourth-order valence-electron chi connectivity index (χ4n) is 2.26. The Kier molecular flexibility index (Phi) is 4.07. The first-order chi connectivity index (χ1) is 8.08. The molecule has 1 fully saturated rings. The van der Waals surface area contributed by atoms with Gasteiger partial charge >= 0.3 is 0 Å². The molecule has 0 atom stereocenters. The van der Waals surface area contributed by atoms with Gasteiger partial charge in [-0.25, -0.2) is 0 Å². The number of hydrogen-bond acceptors (Lipinski definition) is 3. The predicted octanol–water partition coefficient (Wildman–Crippen LogP) is 2.74. The molecule has 0 spiro atoms. The van der Waals surface area contributed by atoms with E-state index in [4.69, 9.17) is 17.3 Å². The van der Waals surface area contributed by atoms with Crippen molar-refractivity contribution in [2.24, 2.45) is 5.73 Å². The molecular formula is C12H17ClN2OS. The second kappa shape index (κ2) is 5.38. The van der Waals surface area contributed by atoms with Gasteiger partial charge < -0.3 is 10.6 Å². The van der Waals surface area contributed by atoms with E-state index in [0.29, 0.717) is 21.3 Å². The molecule has 0 unspecified atom stereocenters. The Balaban J connectivity index is 2.00. The molecule has 1 aliphatic rings. The number of amides is 1. The Morgan fingerprint density at radius 2 is 2.06 bits per heavy atom. The van der Waals surface area contributed by atoms with Crippen LogP contribution in [0.15, 0.2) is 12.1 Å². The molecule has 1 aromatic rings. The van der Waals surface area contributed by atoms with Gasteiger partial charge in [-0.2, -0.15) is 0 Å². The fraction of sp³-hybridized carbons (Fsp3) is 0.583. The van der Waals surface area contributed by atoms with Gasteiger partial charge in [0.1, 0.15) is 0 Å². The Bertz CT molecular complexity index is 399. The summed E-state index contributed by atoms with van der Waals surface area (Å²) in [4.78, 5) is 14.7. The van der Waals surface area contributed by atoms with E-state index in [0.717, 1.165) is 25.7 Å². The van der Waals surface area contributed by atoms with E-state index < -0.39 is 0 Å². The van der Waals surface area contributed by atoms with Crippen molar-refractivity contribution in [3.05, 3.63) is 21.3 Å². The minimum Gasteiger partial charge on any atom is -0.338 e. The van der Waals surface area contributed by atoms with E-state index in [2.05, 4.69) is 0 Å². The first kappa shape index (κ1) is 12.9. The molecule has 1 heterocycles. The third-order valence-electron chi connectivity index (χ3n) is 3.39. The van der Waals surface area contributed by atoms with Crippen LogP contribution in [-0.4, -0.2) is 29.9 Å². The summed E-state index contributed by atoms with van der Waals surface area (Å²) in [6.45, 7) is 0. The molecule has 94 valence electrons. The van der Waals surface area contributed by atoms with Gasteiger partial charge in [0.2, 0.25) is 0 Å². The molecule has 1 saturated carbocycles. The van der Waals surface area contributed by atoms with Crippen molar-refractivity contribution in [3.8, 4) is 0 Å². The summed E-state index contributed by atoms with van der Waals surface area (Å²) < 4.78 is 0.660. The molecule has 0 radical (unpaired) electrons. The van der Waals surface area contributed by atoms with Crippen molar-refractivity contribution in [2.75, 3.05) is 7.05 Å². The normalized spacial score (nSPS) is 24.6. The fourth-order valence-corrected chi connectivity index (χ4v) is 3.28. The van der Waals surface area contributed by atoms with E-state index in [9.17, 15) is 4.79 Å². The Hall–Kier alpha value is -0.580. The van der Waals surface area contributed by atoms with Crippen LogP contribution in [0.1, 0.15) is 35.4 Å². The maximum Gasteiger partial charge on any atom is 0.263 e. The maximum atomic E-state index is 12.2. The monoisotopic (exact) mass is 272 g/mol. The molecule has 5 heteroatoms. The van der Waals surface area contributed by atoms with Crippen LogP contribution in [0.3, 0.4) is 0 Å². The standard InChI is InChI=1S/C12H17ClN2OS/c1-15(9-4-2-8(14)3-5-9)12(16)10-6-7-11(13)17-10/h6-9H,2-5,14H2,1H3. The quantitative estimate of drug-likeness (QED) is 0.900. The van der Waals surface area contributed by atoms with Crippen LogP contribution >= 0.6 is 22.9 Å². The van der Waals surface area contributed by atoms with Crippen LogP contribution in [0.5, 0.6) is 0 Å². The molecule has 0 saturated heterocycles. The van der Waals surface area contributed by atoms with Crippen LogP contribution in [-0.2, 0) is 0 Å². The summed E-state index contributed by atoms with van der Waals surface area (Å²) in [5.74, 6) is 0.0716. The first-order valence-corrected chi connectivity index (χ1v) is 7.05. The Morgan fingerprint density at radius 3 is 2.59 bits per heavy atom. The topological polar surface area (TPSA) is 46.3 Å². The lowest BCUT2D eigenvalue weighted by atomic mass is 9.91. The number of rotatable bonds is 2. The predicted molar refractivity (Wildman–Crippen MR) is 71.7 cm³/mol. The Morgan fingerprint density at radius 1 is 1.41 bits per heavy atom. The molecule has 3 nitrogen and oxygen atoms in total. The van der Waals surface area contributed by atoms with Crippen molar-refractivity contribution >= 4 is 28.8 Å². The van der Waals surface area contributed by atoms with Gasteiger partial charge in [-0.05, 0) is 37.8 Å². The van der Waals surface area contributed by atoms with Gasteiger partial charge in [-0.3, -0.25) is 4.79 Å². The molecule has 0 bridgehead atoms. The van der Waals surface area contributed by atoms with E-state index >= 15 is 0 Å². The van der Waals surface area contributed by atoms with Gasteiger partial charge in [0.15, 0.2) is 0 Å². The van der Waals surface area contributed by atoms with E-state index in [1.165, 1.54) is 11.3 Å². The van der Waals surface area contributed by atoms with Crippen molar-refractivity contribution in [3.63, 3.8) is 0 Å². The average molecular weight is 273 g/mol. The summed E-state index contributed by atoms with van der Waals surface area (Å²) in [6, 6.07) is 4.19. The molecule has 0 aliphatic heterocycles. The molecule has 1 amide bonds. The highest BCUT2D eigenvalue weighted by molar-refractivity contribution is 7.17. The summed E-state index contributed by atoms with van der Waals surface area (Å²) in [5.41, 5.74) is 5.87. The highest BCUT2D eigenvalue weighted by atomic mass is 35.5. The van der Waals surface area contributed by atoms with E-state index in [1.807, 2.05) is 11.9 Å². The number of nitrogens with zero attached hydrogens (tertiary/aromatic N) is 1. The number of hydrogen-bond donors (Lipinski definition) is 1. The van der Waals surface area contributed by atoms with Crippen LogP contribution in [0.2, 0.25) is 4.34 Å². The highest BCUT2D eigenvalue weighted by Crippen LogP contribution is 2.26. The number of thiophene rings is 1.